The molecule has 0 saturated carbocycles. The molecule has 250 valence electrons. The molecule has 0 heterocycles. The van der Waals surface area contributed by atoms with Gasteiger partial charge in [-0.25, -0.2) is 0 Å². The van der Waals surface area contributed by atoms with Crippen LogP contribution in [0.25, 0.3) is 43.8 Å². The minimum atomic E-state index is -0.826. The average Bonchev–Trinajstić information content (AvgIpc) is 3.68. The second kappa shape index (κ2) is 19.8. The van der Waals surface area contributed by atoms with E-state index in [1.165, 1.54) is 114 Å². The number of hydrogen-bond donors (Lipinski definition) is 0. The van der Waals surface area contributed by atoms with Crippen molar-refractivity contribution in [2.75, 3.05) is 0 Å². The van der Waals surface area contributed by atoms with Gasteiger partial charge in [-0.3, -0.25) is 0 Å². The summed E-state index contributed by atoms with van der Waals surface area (Å²) in [7, 11) is 11.0. The van der Waals surface area contributed by atoms with Gasteiger partial charge in [-0.15, -0.1) is 69.1 Å². The van der Waals surface area contributed by atoms with E-state index >= 15 is 0 Å². The summed E-state index contributed by atoms with van der Waals surface area (Å²) in [6, 6.07) is 31.8. The first-order valence-corrected chi connectivity index (χ1v) is 25.4. The van der Waals surface area contributed by atoms with Crippen LogP contribution < -0.4 is 0 Å². The number of halogens is 2. The number of benzene rings is 4. The van der Waals surface area contributed by atoms with Crippen molar-refractivity contribution in [3.63, 3.8) is 0 Å². The molecule has 0 N–H and O–H groups in total. The van der Waals surface area contributed by atoms with Crippen molar-refractivity contribution in [2.45, 2.75) is 94.2 Å². The van der Waals surface area contributed by atoms with Gasteiger partial charge in [0.25, 0.3) is 0 Å². The van der Waals surface area contributed by atoms with Crippen LogP contribution in [0.2, 0.25) is 13.1 Å². The van der Waals surface area contributed by atoms with E-state index in [1.54, 1.807) is 0 Å². The first-order valence-electron chi connectivity index (χ1n) is 17.1. The van der Waals surface area contributed by atoms with E-state index in [4.69, 9.17) is 17.0 Å². The third kappa shape index (κ3) is 9.94. The molecule has 0 aliphatic rings. The molecule has 0 aliphatic carbocycles. The molecule has 48 heavy (non-hydrogen) atoms. The average molecular weight is 771 g/mol. The third-order valence-electron chi connectivity index (χ3n) is 9.39. The second-order valence-corrected chi connectivity index (χ2v) is 17.5. The fourth-order valence-corrected chi connectivity index (χ4v) is 6.43. The van der Waals surface area contributed by atoms with Gasteiger partial charge < -0.3 is 0 Å². The predicted molar refractivity (Wildman–Crippen MR) is 216 cm³/mol. The molecule has 0 aliphatic heterocycles. The Morgan fingerprint density at radius 3 is 1.23 bits per heavy atom. The molecular formula is C44H52Cl2SiZr. The number of hydrogen-bond acceptors (Lipinski definition) is 0. The van der Waals surface area contributed by atoms with Crippen LogP contribution >= 0.6 is 17.0 Å². The maximum atomic E-state index is 4.93. The van der Waals surface area contributed by atoms with Crippen molar-refractivity contribution in [3.05, 3.63) is 129 Å². The Kier molecular flexibility index (Phi) is 16.6. The summed E-state index contributed by atoms with van der Waals surface area (Å²) in [6.45, 7) is 22.1. The SMILES string of the molecule is CCCc1cc2c(-c3ccc(C)c(C)c3C)cccc2[cH-]1.CCCc1cc2c(-c3ccc(C)c(C)c3C)cccc2[cH-]1.C[Si]C.[Cl][Zr+2][Cl]. The Morgan fingerprint density at radius 1 is 0.542 bits per heavy atom. The van der Waals surface area contributed by atoms with Gasteiger partial charge in [0.2, 0.25) is 0 Å². The molecule has 2 radical (unpaired) electrons. The zero-order valence-electron chi connectivity index (χ0n) is 30.7. The van der Waals surface area contributed by atoms with Crippen LogP contribution in [0.5, 0.6) is 0 Å². The van der Waals surface area contributed by atoms with Crippen molar-refractivity contribution in [1.29, 1.82) is 0 Å². The summed E-state index contributed by atoms with van der Waals surface area (Å²) < 4.78 is 0. The quantitative estimate of drug-likeness (QED) is 0.117. The molecule has 0 nitrogen and oxygen atoms in total. The fourth-order valence-electron chi connectivity index (χ4n) is 6.43. The third-order valence-corrected chi connectivity index (χ3v) is 9.39. The maximum absolute atomic E-state index is 4.93. The molecule has 0 amide bonds. The van der Waals surface area contributed by atoms with Gasteiger partial charge in [-0.05, 0) is 98.9 Å². The zero-order valence-corrected chi connectivity index (χ0v) is 35.6. The van der Waals surface area contributed by atoms with Gasteiger partial charge in [-0.2, -0.15) is 12.1 Å². The molecule has 6 aromatic rings. The van der Waals surface area contributed by atoms with Crippen LogP contribution in [-0.2, 0) is 33.7 Å². The Balaban J connectivity index is 0.000000224. The molecule has 6 aromatic carbocycles. The molecule has 0 atom stereocenters. The molecule has 6 rings (SSSR count). The van der Waals surface area contributed by atoms with Gasteiger partial charge in [0.1, 0.15) is 0 Å². The zero-order chi connectivity index (χ0) is 35.4. The van der Waals surface area contributed by atoms with Crippen molar-refractivity contribution in [3.8, 4) is 22.3 Å². The minimum absolute atomic E-state index is 0.826. The van der Waals surface area contributed by atoms with Gasteiger partial charge in [0, 0.05) is 9.52 Å². The molecule has 0 saturated heterocycles. The van der Waals surface area contributed by atoms with E-state index in [0.717, 1.165) is 9.52 Å². The Labute approximate surface area is 312 Å². The monoisotopic (exact) mass is 768 g/mol. The predicted octanol–water partition coefficient (Wildman–Crippen LogP) is 14.4. The first-order chi connectivity index (χ1) is 23.1. The molecule has 0 bridgehead atoms. The van der Waals surface area contributed by atoms with E-state index < -0.39 is 20.8 Å². The van der Waals surface area contributed by atoms with Gasteiger partial charge in [0.05, 0.1) is 0 Å². The van der Waals surface area contributed by atoms with Crippen molar-refractivity contribution in [1.82, 2.24) is 0 Å². The van der Waals surface area contributed by atoms with Crippen LogP contribution in [0.1, 0.15) is 71.2 Å². The van der Waals surface area contributed by atoms with Crippen LogP contribution in [0.3, 0.4) is 0 Å². The Morgan fingerprint density at radius 2 is 0.896 bits per heavy atom. The summed E-state index contributed by atoms with van der Waals surface area (Å²) in [4.78, 5) is 0. The summed E-state index contributed by atoms with van der Waals surface area (Å²) in [6.07, 6.45) is 4.74. The van der Waals surface area contributed by atoms with Crippen LogP contribution in [0, 0.1) is 41.5 Å². The molecule has 0 aromatic heterocycles. The molecular weight excluding hydrogens is 719 g/mol. The second-order valence-electron chi connectivity index (χ2n) is 12.8. The van der Waals surface area contributed by atoms with E-state index in [0.29, 0.717) is 0 Å². The van der Waals surface area contributed by atoms with E-state index in [1.807, 2.05) is 0 Å². The Bertz CT molecular complexity index is 1770. The van der Waals surface area contributed by atoms with E-state index in [9.17, 15) is 0 Å². The topological polar surface area (TPSA) is 0 Å². The molecule has 0 unspecified atom stereocenters. The summed E-state index contributed by atoms with van der Waals surface area (Å²) in [5.74, 6) is 0. The number of aryl methyl sites for hydroxylation is 4. The van der Waals surface area contributed by atoms with E-state index in [-0.39, 0.29) is 0 Å². The normalized spacial score (nSPS) is 10.4. The van der Waals surface area contributed by atoms with Crippen molar-refractivity contribution >= 4 is 48.1 Å². The molecule has 4 heteroatoms. The fraction of sp³-hybridized carbons (Fsp3) is 0.318. The van der Waals surface area contributed by atoms with Crippen LogP contribution in [0.15, 0.2) is 84.9 Å². The summed E-state index contributed by atoms with van der Waals surface area (Å²) in [5.41, 5.74) is 16.8. The summed E-state index contributed by atoms with van der Waals surface area (Å²) >= 11 is -0.826. The van der Waals surface area contributed by atoms with Gasteiger partial charge >= 0.3 is 37.9 Å². The van der Waals surface area contributed by atoms with Crippen molar-refractivity contribution in [2.24, 2.45) is 0 Å². The van der Waals surface area contributed by atoms with Gasteiger partial charge in [-0.1, -0.05) is 87.3 Å². The van der Waals surface area contributed by atoms with Gasteiger partial charge in [0.15, 0.2) is 0 Å². The van der Waals surface area contributed by atoms with Crippen LogP contribution in [-0.4, -0.2) is 9.52 Å². The van der Waals surface area contributed by atoms with Crippen molar-refractivity contribution < 1.29 is 20.8 Å². The number of fused-ring (bicyclic) bond motifs is 2. The molecule has 0 fully saturated rings. The number of rotatable bonds is 6. The Hall–Kier alpha value is -2.22. The summed E-state index contributed by atoms with van der Waals surface area (Å²) in [5, 5.41) is 5.53. The van der Waals surface area contributed by atoms with Crippen LogP contribution in [0.4, 0.5) is 0 Å². The molecule has 0 spiro atoms. The van der Waals surface area contributed by atoms with E-state index in [2.05, 4.69) is 153 Å². The standard InChI is InChI=1S/2C21H23.C2H6Si.2ClH.Zr/c2*1-5-7-17-12-18-8-6-9-20(21(18)13-17)19-11-10-14(2)15(3)16(19)4;1-3-2;;;/h2*6,8-13H,5,7H2,1-4H3;1-2H3;2*1H;/q2*-1;;;;+4/p-2. The first kappa shape index (κ1) is 40.2.